The first-order chi connectivity index (χ1) is 18.6. The van der Waals surface area contributed by atoms with Crippen molar-refractivity contribution < 1.29 is 23.1 Å². The van der Waals surface area contributed by atoms with Crippen molar-refractivity contribution in [2.75, 3.05) is 5.32 Å². The first kappa shape index (κ1) is 27.2. The number of amides is 2. The van der Waals surface area contributed by atoms with Crippen molar-refractivity contribution in [2.24, 2.45) is 5.73 Å². The molecule has 0 saturated heterocycles. The van der Waals surface area contributed by atoms with E-state index in [0.717, 1.165) is 20.7 Å². The summed E-state index contributed by atoms with van der Waals surface area (Å²) in [7, 11) is 0. The average Bonchev–Trinajstić information content (AvgIpc) is 3.62. The van der Waals surface area contributed by atoms with Crippen molar-refractivity contribution in [2.45, 2.75) is 20.1 Å². The van der Waals surface area contributed by atoms with E-state index >= 15 is 0 Å². The van der Waals surface area contributed by atoms with Gasteiger partial charge in [-0.2, -0.15) is 5.10 Å². The van der Waals surface area contributed by atoms with Crippen molar-refractivity contribution in [3.63, 3.8) is 0 Å². The molecular weight excluding hydrogens is 636 g/mol. The van der Waals surface area contributed by atoms with E-state index in [1.54, 1.807) is 30.5 Å². The van der Waals surface area contributed by atoms with E-state index in [2.05, 4.69) is 31.3 Å². The smallest absolute Gasteiger partial charge is 0.280 e. The van der Waals surface area contributed by atoms with E-state index in [0.29, 0.717) is 26.6 Å². The molecule has 0 bridgehead atoms. The normalized spacial score (nSPS) is 11.3. The lowest BCUT2D eigenvalue weighted by atomic mass is 10.1. The number of nitrogens with one attached hydrogen (secondary N) is 1. The largest absolute Gasteiger partial charge is 0.470 e. The standard InChI is InChI=1S/C25H17BrClF2N5O3S2/c1-11-2-5-18(38-11)13-9-16(22(28)29)31-25-19(13)20(21(39-25)23(30)35)32-24(36)15-6-7-34(33-15)10-37-17-4-3-12(26)8-14(17)27/h2-9,22H,10H2,1H3,(H2,30,35)(H,32,36). The molecule has 0 aliphatic rings. The topological polar surface area (TPSA) is 112 Å². The number of carbonyl (C=O) groups is 2. The number of rotatable bonds is 8. The zero-order valence-corrected chi connectivity index (χ0v) is 23.9. The van der Waals surface area contributed by atoms with Gasteiger partial charge in [0.25, 0.3) is 18.2 Å². The minimum atomic E-state index is -2.83. The summed E-state index contributed by atoms with van der Waals surface area (Å²) >= 11 is 11.7. The van der Waals surface area contributed by atoms with Gasteiger partial charge in [0.1, 0.15) is 21.2 Å². The molecule has 0 saturated carbocycles. The van der Waals surface area contributed by atoms with E-state index in [4.69, 9.17) is 22.1 Å². The molecule has 0 radical (unpaired) electrons. The van der Waals surface area contributed by atoms with E-state index in [1.807, 2.05) is 13.0 Å². The van der Waals surface area contributed by atoms with Gasteiger partial charge in [-0.05, 0) is 49.4 Å². The SMILES string of the molecule is Cc1ccc(-c2cc(C(F)F)nc3sc(C(N)=O)c(NC(=O)c4ccn(COc5ccc(Br)cc5Cl)n4)c23)s1. The number of aryl methyl sites for hydroxylation is 1. The van der Waals surface area contributed by atoms with Crippen LogP contribution in [0.25, 0.3) is 20.7 Å². The van der Waals surface area contributed by atoms with Gasteiger partial charge in [-0.3, -0.25) is 9.59 Å². The molecule has 5 aromatic rings. The number of fused-ring (bicyclic) bond motifs is 1. The third-order valence-electron chi connectivity index (χ3n) is 5.49. The molecule has 14 heteroatoms. The minimum Gasteiger partial charge on any atom is -0.470 e. The van der Waals surface area contributed by atoms with E-state index < -0.39 is 23.9 Å². The molecule has 0 unspecified atom stereocenters. The highest BCUT2D eigenvalue weighted by molar-refractivity contribution is 9.10. The lowest BCUT2D eigenvalue weighted by Gasteiger charge is -2.09. The van der Waals surface area contributed by atoms with Crippen molar-refractivity contribution >= 4 is 77.9 Å². The highest BCUT2D eigenvalue weighted by atomic mass is 79.9. The van der Waals surface area contributed by atoms with Gasteiger partial charge < -0.3 is 15.8 Å². The summed E-state index contributed by atoms with van der Waals surface area (Å²) < 4.78 is 35.2. The number of anilines is 1. The van der Waals surface area contributed by atoms with Crippen molar-refractivity contribution in [3.8, 4) is 16.2 Å². The summed E-state index contributed by atoms with van der Waals surface area (Å²) in [6.45, 7) is 1.86. The van der Waals surface area contributed by atoms with Gasteiger partial charge in [-0.15, -0.1) is 22.7 Å². The Labute approximate surface area is 241 Å². The molecule has 0 spiro atoms. The Kier molecular flexibility index (Phi) is 7.67. The Morgan fingerprint density at radius 1 is 1.21 bits per heavy atom. The Hall–Kier alpha value is -3.39. The molecular formula is C25H17BrClF2N5O3S2. The van der Waals surface area contributed by atoms with Crippen LogP contribution in [0, 0.1) is 6.92 Å². The number of hydrogen-bond acceptors (Lipinski definition) is 7. The lowest BCUT2D eigenvalue weighted by Crippen LogP contribution is -2.17. The number of alkyl halides is 2. The molecule has 0 atom stereocenters. The number of halogens is 4. The van der Waals surface area contributed by atoms with Crippen LogP contribution in [0.4, 0.5) is 14.5 Å². The maximum atomic E-state index is 13.7. The lowest BCUT2D eigenvalue weighted by molar-refractivity contribution is 0.100. The van der Waals surface area contributed by atoms with Crippen LogP contribution < -0.4 is 15.8 Å². The third-order valence-corrected chi connectivity index (χ3v) is 8.41. The summed E-state index contributed by atoms with van der Waals surface area (Å²) in [4.78, 5) is 31.3. The van der Waals surface area contributed by atoms with Crippen LogP contribution in [0.3, 0.4) is 0 Å². The van der Waals surface area contributed by atoms with Gasteiger partial charge in [0.2, 0.25) is 0 Å². The molecule has 4 heterocycles. The average molecular weight is 653 g/mol. The Morgan fingerprint density at radius 2 is 2.00 bits per heavy atom. The zero-order chi connectivity index (χ0) is 27.8. The monoisotopic (exact) mass is 651 g/mol. The number of primary amides is 1. The third kappa shape index (κ3) is 5.66. The predicted molar refractivity (Wildman–Crippen MR) is 151 cm³/mol. The van der Waals surface area contributed by atoms with Gasteiger partial charge >= 0.3 is 0 Å². The fourth-order valence-corrected chi connectivity index (χ4v) is 6.39. The molecule has 2 amide bonds. The maximum absolute atomic E-state index is 13.7. The van der Waals surface area contributed by atoms with Gasteiger partial charge in [0.15, 0.2) is 12.4 Å². The Morgan fingerprint density at radius 3 is 2.67 bits per heavy atom. The molecule has 0 fully saturated rings. The van der Waals surface area contributed by atoms with Crippen LogP contribution in [0.2, 0.25) is 5.02 Å². The molecule has 1 aromatic carbocycles. The molecule has 4 aromatic heterocycles. The first-order valence-corrected chi connectivity index (χ1v) is 14.0. The van der Waals surface area contributed by atoms with Crippen molar-refractivity contribution in [1.29, 1.82) is 0 Å². The van der Waals surface area contributed by atoms with Crippen LogP contribution in [0.5, 0.6) is 5.75 Å². The van der Waals surface area contributed by atoms with Gasteiger partial charge in [-0.25, -0.2) is 18.4 Å². The number of nitrogens with two attached hydrogens (primary N) is 1. The Bertz CT molecular complexity index is 1740. The summed E-state index contributed by atoms with van der Waals surface area (Å²) in [5, 5.41) is 7.68. The van der Waals surface area contributed by atoms with Crippen LogP contribution >= 0.6 is 50.2 Å². The quantitative estimate of drug-likeness (QED) is 0.183. The van der Waals surface area contributed by atoms with E-state index in [1.165, 1.54) is 28.2 Å². The number of carbonyl (C=O) groups excluding carboxylic acids is 2. The number of hydrogen-bond donors (Lipinski definition) is 2. The van der Waals surface area contributed by atoms with Gasteiger partial charge in [0, 0.05) is 31.4 Å². The first-order valence-electron chi connectivity index (χ1n) is 11.2. The number of aromatic nitrogens is 3. The molecule has 200 valence electrons. The molecule has 8 nitrogen and oxygen atoms in total. The van der Waals surface area contributed by atoms with Crippen LogP contribution in [-0.4, -0.2) is 26.6 Å². The zero-order valence-electron chi connectivity index (χ0n) is 19.9. The number of ether oxygens (including phenoxy) is 1. The van der Waals surface area contributed by atoms with E-state index in [9.17, 15) is 18.4 Å². The fourth-order valence-electron chi connectivity index (χ4n) is 3.76. The number of benzene rings is 1. The molecule has 3 N–H and O–H groups in total. The predicted octanol–water partition coefficient (Wildman–Crippen LogP) is 7.27. The van der Waals surface area contributed by atoms with Crippen molar-refractivity contribution in [3.05, 3.63) is 79.3 Å². The summed E-state index contributed by atoms with van der Waals surface area (Å²) in [5.41, 5.74) is 5.69. The highest BCUT2D eigenvalue weighted by Crippen LogP contribution is 2.44. The van der Waals surface area contributed by atoms with Crippen molar-refractivity contribution in [1.82, 2.24) is 14.8 Å². The number of nitrogens with zero attached hydrogens (tertiary/aromatic N) is 3. The second kappa shape index (κ2) is 11.0. The van der Waals surface area contributed by atoms with Crippen LogP contribution in [-0.2, 0) is 6.73 Å². The molecule has 5 rings (SSSR count). The van der Waals surface area contributed by atoms with Gasteiger partial charge in [0.05, 0.1) is 10.7 Å². The fraction of sp³-hybridized carbons (Fsp3) is 0.120. The summed E-state index contributed by atoms with van der Waals surface area (Å²) in [6.07, 6.45) is -1.29. The second-order valence-corrected chi connectivity index (χ2v) is 11.8. The number of pyridine rings is 1. The van der Waals surface area contributed by atoms with Gasteiger partial charge in [-0.1, -0.05) is 27.5 Å². The van der Waals surface area contributed by atoms with Crippen LogP contribution in [0.1, 0.15) is 37.2 Å². The Balaban J connectivity index is 1.48. The summed E-state index contributed by atoms with van der Waals surface area (Å²) in [6, 6.07) is 11.5. The molecule has 39 heavy (non-hydrogen) atoms. The molecule has 0 aliphatic carbocycles. The maximum Gasteiger partial charge on any atom is 0.280 e. The summed E-state index contributed by atoms with van der Waals surface area (Å²) in [5.74, 6) is -1.03. The van der Waals surface area contributed by atoms with Crippen LogP contribution in [0.15, 0.2) is 53.1 Å². The van der Waals surface area contributed by atoms with E-state index in [-0.39, 0.29) is 27.8 Å². The molecule has 0 aliphatic heterocycles. The highest BCUT2D eigenvalue weighted by Gasteiger charge is 2.26. The minimum absolute atomic E-state index is 0.0144. The number of thiophene rings is 2. The second-order valence-electron chi connectivity index (χ2n) is 8.20.